The van der Waals surface area contributed by atoms with E-state index in [1.165, 1.54) is 5.56 Å². The van der Waals surface area contributed by atoms with Crippen LogP contribution in [0.25, 0.3) is 0 Å². The SMILES string of the molecule is CC(C)C(=O)N1CCCc2c1cccc2C(C)(C)N. The summed E-state index contributed by atoms with van der Waals surface area (Å²) >= 11 is 0. The van der Waals surface area contributed by atoms with Gasteiger partial charge in [0.2, 0.25) is 5.91 Å². The third kappa shape index (κ3) is 2.66. The van der Waals surface area contributed by atoms with E-state index in [1.54, 1.807) is 0 Å². The van der Waals surface area contributed by atoms with Crippen LogP contribution in [0.5, 0.6) is 0 Å². The first-order chi connectivity index (χ1) is 8.82. The molecule has 0 saturated carbocycles. The minimum Gasteiger partial charge on any atom is -0.322 e. The molecule has 0 fully saturated rings. The van der Waals surface area contributed by atoms with Gasteiger partial charge in [0.15, 0.2) is 0 Å². The van der Waals surface area contributed by atoms with E-state index in [-0.39, 0.29) is 17.4 Å². The molecule has 0 saturated heterocycles. The third-order valence-electron chi connectivity index (χ3n) is 3.70. The molecule has 1 aromatic rings. The molecular formula is C16H24N2O. The highest BCUT2D eigenvalue weighted by atomic mass is 16.2. The molecule has 104 valence electrons. The monoisotopic (exact) mass is 260 g/mol. The van der Waals surface area contributed by atoms with Gasteiger partial charge in [0.25, 0.3) is 0 Å². The summed E-state index contributed by atoms with van der Waals surface area (Å²) in [5.74, 6) is 0.230. The van der Waals surface area contributed by atoms with Gasteiger partial charge in [-0.3, -0.25) is 4.79 Å². The number of hydrogen-bond donors (Lipinski definition) is 1. The van der Waals surface area contributed by atoms with Crippen molar-refractivity contribution >= 4 is 11.6 Å². The standard InChI is InChI=1S/C16H24N2O/c1-11(2)15(19)18-10-6-7-12-13(16(3,4)17)8-5-9-14(12)18/h5,8-9,11H,6-7,10,17H2,1-4H3. The lowest BCUT2D eigenvalue weighted by Gasteiger charge is -2.34. The maximum atomic E-state index is 12.3. The zero-order chi connectivity index (χ0) is 14.2. The minimum absolute atomic E-state index is 0.0282. The molecule has 3 heteroatoms. The number of carbonyl (C=O) groups is 1. The Morgan fingerprint density at radius 3 is 2.63 bits per heavy atom. The number of carbonyl (C=O) groups excluding carboxylic acids is 1. The maximum Gasteiger partial charge on any atom is 0.229 e. The van der Waals surface area contributed by atoms with Crippen LogP contribution >= 0.6 is 0 Å². The average molecular weight is 260 g/mol. The van der Waals surface area contributed by atoms with Gasteiger partial charge < -0.3 is 10.6 Å². The lowest BCUT2D eigenvalue weighted by atomic mass is 9.86. The van der Waals surface area contributed by atoms with E-state index < -0.39 is 0 Å². The fraction of sp³-hybridized carbons (Fsp3) is 0.562. The molecule has 0 atom stereocenters. The quantitative estimate of drug-likeness (QED) is 0.888. The summed E-state index contributed by atoms with van der Waals surface area (Å²) in [4.78, 5) is 14.2. The smallest absolute Gasteiger partial charge is 0.229 e. The van der Waals surface area contributed by atoms with Gasteiger partial charge in [-0.25, -0.2) is 0 Å². The van der Waals surface area contributed by atoms with Crippen molar-refractivity contribution in [2.24, 2.45) is 11.7 Å². The lowest BCUT2D eigenvalue weighted by molar-refractivity contribution is -0.121. The van der Waals surface area contributed by atoms with E-state index in [0.29, 0.717) is 0 Å². The zero-order valence-corrected chi connectivity index (χ0v) is 12.4. The predicted molar refractivity (Wildman–Crippen MR) is 79.2 cm³/mol. The summed E-state index contributed by atoms with van der Waals surface area (Å²) in [5, 5.41) is 0. The number of nitrogens with zero attached hydrogens (tertiary/aromatic N) is 1. The van der Waals surface area contributed by atoms with Crippen LogP contribution in [-0.2, 0) is 16.8 Å². The van der Waals surface area contributed by atoms with E-state index in [0.717, 1.165) is 30.6 Å². The Labute approximate surface area is 115 Å². The van der Waals surface area contributed by atoms with Gasteiger partial charge in [0, 0.05) is 23.7 Å². The molecule has 0 aliphatic carbocycles. The molecular weight excluding hydrogens is 236 g/mol. The van der Waals surface area contributed by atoms with E-state index in [9.17, 15) is 4.79 Å². The van der Waals surface area contributed by atoms with Crippen molar-refractivity contribution in [1.29, 1.82) is 0 Å². The molecule has 1 heterocycles. The number of fused-ring (bicyclic) bond motifs is 1. The Morgan fingerprint density at radius 2 is 2.05 bits per heavy atom. The summed E-state index contributed by atoms with van der Waals surface area (Å²) in [7, 11) is 0. The van der Waals surface area contributed by atoms with Crippen LogP contribution in [0.2, 0.25) is 0 Å². The maximum absolute atomic E-state index is 12.3. The van der Waals surface area contributed by atoms with Crippen molar-refractivity contribution in [3.05, 3.63) is 29.3 Å². The van der Waals surface area contributed by atoms with Gasteiger partial charge in [0.1, 0.15) is 0 Å². The summed E-state index contributed by atoms with van der Waals surface area (Å²) < 4.78 is 0. The van der Waals surface area contributed by atoms with Crippen molar-refractivity contribution in [3.63, 3.8) is 0 Å². The van der Waals surface area contributed by atoms with Gasteiger partial charge >= 0.3 is 0 Å². The molecule has 0 aromatic heterocycles. The Kier molecular flexibility index (Phi) is 3.68. The summed E-state index contributed by atoms with van der Waals surface area (Å²) in [6.07, 6.45) is 2.02. The van der Waals surface area contributed by atoms with Gasteiger partial charge in [0.05, 0.1) is 0 Å². The number of hydrogen-bond acceptors (Lipinski definition) is 2. The first kappa shape index (κ1) is 14.1. The third-order valence-corrected chi connectivity index (χ3v) is 3.70. The molecule has 1 aliphatic rings. The molecule has 19 heavy (non-hydrogen) atoms. The molecule has 1 aliphatic heterocycles. The van der Waals surface area contributed by atoms with Gasteiger partial charge in [-0.1, -0.05) is 26.0 Å². The van der Waals surface area contributed by atoms with Gasteiger partial charge in [-0.05, 0) is 43.9 Å². The number of rotatable bonds is 2. The van der Waals surface area contributed by atoms with Crippen LogP contribution in [0.1, 0.15) is 45.2 Å². The van der Waals surface area contributed by atoms with Crippen molar-refractivity contribution in [2.45, 2.75) is 46.1 Å². The molecule has 2 rings (SSSR count). The van der Waals surface area contributed by atoms with Crippen molar-refractivity contribution in [3.8, 4) is 0 Å². The second-order valence-corrected chi connectivity index (χ2v) is 6.27. The Bertz CT molecular complexity index is 486. The van der Waals surface area contributed by atoms with E-state index >= 15 is 0 Å². The van der Waals surface area contributed by atoms with E-state index in [2.05, 4.69) is 6.07 Å². The Hall–Kier alpha value is -1.35. The second kappa shape index (κ2) is 4.97. The summed E-state index contributed by atoms with van der Waals surface area (Å²) in [5.41, 5.74) is 9.35. The molecule has 3 nitrogen and oxygen atoms in total. The number of nitrogens with two attached hydrogens (primary N) is 1. The van der Waals surface area contributed by atoms with Crippen LogP contribution in [0.3, 0.4) is 0 Å². The first-order valence-corrected chi connectivity index (χ1v) is 7.05. The van der Waals surface area contributed by atoms with Crippen LogP contribution in [0.15, 0.2) is 18.2 Å². The topological polar surface area (TPSA) is 46.3 Å². The number of amides is 1. The molecule has 2 N–H and O–H groups in total. The molecule has 0 spiro atoms. The highest BCUT2D eigenvalue weighted by molar-refractivity contribution is 5.96. The van der Waals surface area contributed by atoms with Crippen LogP contribution in [0, 0.1) is 5.92 Å². The average Bonchev–Trinajstić information content (AvgIpc) is 2.35. The Morgan fingerprint density at radius 1 is 1.37 bits per heavy atom. The summed E-state index contributed by atoms with van der Waals surface area (Å²) in [6, 6.07) is 6.14. The molecule has 1 amide bonds. The van der Waals surface area contributed by atoms with E-state index in [1.807, 2.05) is 44.7 Å². The minimum atomic E-state index is -0.366. The van der Waals surface area contributed by atoms with Crippen molar-refractivity contribution in [1.82, 2.24) is 0 Å². The van der Waals surface area contributed by atoms with Gasteiger partial charge in [-0.2, -0.15) is 0 Å². The van der Waals surface area contributed by atoms with Crippen molar-refractivity contribution in [2.75, 3.05) is 11.4 Å². The van der Waals surface area contributed by atoms with Crippen LogP contribution < -0.4 is 10.6 Å². The van der Waals surface area contributed by atoms with E-state index in [4.69, 9.17) is 5.73 Å². The first-order valence-electron chi connectivity index (χ1n) is 7.05. The highest BCUT2D eigenvalue weighted by Crippen LogP contribution is 2.34. The number of anilines is 1. The number of benzene rings is 1. The molecule has 1 aromatic carbocycles. The van der Waals surface area contributed by atoms with Gasteiger partial charge in [-0.15, -0.1) is 0 Å². The predicted octanol–water partition coefficient (Wildman–Crippen LogP) is 2.82. The normalized spacial score (nSPS) is 15.6. The molecule has 0 bridgehead atoms. The van der Waals surface area contributed by atoms with Crippen molar-refractivity contribution < 1.29 is 4.79 Å². The fourth-order valence-corrected chi connectivity index (χ4v) is 2.77. The fourth-order valence-electron chi connectivity index (χ4n) is 2.77. The van der Waals surface area contributed by atoms with Crippen LogP contribution in [-0.4, -0.2) is 12.5 Å². The lowest BCUT2D eigenvalue weighted by Crippen LogP contribution is -2.40. The second-order valence-electron chi connectivity index (χ2n) is 6.27. The highest BCUT2D eigenvalue weighted by Gasteiger charge is 2.28. The molecule has 0 unspecified atom stereocenters. The zero-order valence-electron chi connectivity index (χ0n) is 12.4. The summed E-state index contributed by atoms with van der Waals surface area (Å²) in [6.45, 7) is 8.76. The van der Waals surface area contributed by atoms with Crippen LogP contribution in [0.4, 0.5) is 5.69 Å². The Balaban J connectivity index is 2.49. The molecule has 0 radical (unpaired) electrons. The largest absolute Gasteiger partial charge is 0.322 e.